The van der Waals surface area contributed by atoms with Crippen LogP contribution in [-0.2, 0) is 0 Å². The molecular formula is C12H10N4O5. The highest BCUT2D eigenvalue weighted by molar-refractivity contribution is 5.61. The highest BCUT2D eigenvalue weighted by Gasteiger charge is 2.21. The number of ether oxygens (including phenoxy) is 1. The molecule has 0 aromatic heterocycles. The van der Waals surface area contributed by atoms with Crippen molar-refractivity contribution in [3.8, 4) is 11.5 Å². The van der Waals surface area contributed by atoms with Crippen LogP contribution in [-0.4, -0.2) is 9.85 Å². The van der Waals surface area contributed by atoms with Crippen molar-refractivity contribution in [1.29, 1.82) is 0 Å². The van der Waals surface area contributed by atoms with Crippen molar-refractivity contribution in [1.82, 2.24) is 0 Å². The molecule has 0 atom stereocenters. The van der Waals surface area contributed by atoms with E-state index in [4.69, 9.17) is 16.2 Å². The Labute approximate surface area is 118 Å². The number of nitrogens with zero attached hydrogens (tertiary/aromatic N) is 2. The largest absolute Gasteiger partial charge is 0.443 e. The van der Waals surface area contributed by atoms with Gasteiger partial charge >= 0.3 is 11.4 Å². The number of benzene rings is 2. The zero-order valence-electron chi connectivity index (χ0n) is 10.6. The Hall–Kier alpha value is -3.36. The second kappa shape index (κ2) is 5.33. The third kappa shape index (κ3) is 2.97. The van der Waals surface area contributed by atoms with E-state index in [0.717, 1.165) is 12.1 Å². The van der Waals surface area contributed by atoms with E-state index in [-0.39, 0.29) is 34.2 Å². The molecule has 0 saturated carbocycles. The average Bonchev–Trinajstić information content (AvgIpc) is 2.38. The molecule has 0 amide bonds. The molecule has 0 bridgehead atoms. The Kier molecular flexibility index (Phi) is 3.57. The predicted molar refractivity (Wildman–Crippen MR) is 75.1 cm³/mol. The first kappa shape index (κ1) is 14.1. The van der Waals surface area contributed by atoms with Crippen molar-refractivity contribution in [2.24, 2.45) is 0 Å². The Balaban J connectivity index is 2.52. The number of anilines is 2. The van der Waals surface area contributed by atoms with Gasteiger partial charge in [-0.1, -0.05) is 0 Å². The first-order valence-electron chi connectivity index (χ1n) is 5.64. The maximum Gasteiger partial charge on any atom is 0.311 e. The van der Waals surface area contributed by atoms with Gasteiger partial charge in [-0.15, -0.1) is 0 Å². The van der Waals surface area contributed by atoms with Crippen LogP contribution in [0.15, 0.2) is 36.4 Å². The lowest BCUT2D eigenvalue weighted by atomic mass is 10.2. The summed E-state index contributed by atoms with van der Waals surface area (Å²) in [5, 5.41) is 21.9. The fraction of sp³-hybridized carbons (Fsp3) is 0. The first-order chi connectivity index (χ1) is 9.88. The Bertz CT molecular complexity index is 670. The van der Waals surface area contributed by atoms with Gasteiger partial charge in [-0.2, -0.15) is 0 Å². The minimum Gasteiger partial charge on any atom is -0.443 e. The van der Waals surface area contributed by atoms with Gasteiger partial charge in [0, 0.05) is 35.6 Å². The van der Waals surface area contributed by atoms with Gasteiger partial charge in [-0.25, -0.2) is 0 Å². The number of nitrogen functional groups attached to an aromatic ring is 2. The zero-order valence-corrected chi connectivity index (χ0v) is 10.6. The predicted octanol–water partition coefficient (Wildman–Crippen LogP) is 2.46. The van der Waals surface area contributed by atoms with Crippen LogP contribution in [0.1, 0.15) is 0 Å². The Morgan fingerprint density at radius 1 is 0.810 bits per heavy atom. The number of nitrogens with two attached hydrogens (primary N) is 2. The van der Waals surface area contributed by atoms with Crippen molar-refractivity contribution in [3.05, 3.63) is 56.6 Å². The molecule has 9 nitrogen and oxygen atoms in total. The monoisotopic (exact) mass is 290 g/mol. The van der Waals surface area contributed by atoms with Gasteiger partial charge in [0.05, 0.1) is 9.85 Å². The van der Waals surface area contributed by atoms with Crippen LogP contribution in [0, 0.1) is 20.2 Å². The van der Waals surface area contributed by atoms with Gasteiger partial charge in [-0.3, -0.25) is 20.2 Å². The topological polar surface area (TPSA) is 148 Å². The van der Waals surface area contributed by atoms with E-state index in [2.05, 4.69) is 0 Å². The molecule has 0 spiro atoms. The van der Waals surface area contributed by atoms with Crippen LogP contribution >= 0.6 is 0 Å². The molecule has 0 aliphatic heterocycles. The second-order valence-electron chi connectivity index (χ2n) is 4.07. The summed E-state index contributed by atoms with van der Waals surface area (Å²) >= 11 is 0. The summed E-state index contributed by atoms with van der Waals surface area (Å²) < 4.78 is 5.28. The summed E-state index contributed by atoms with van der Waals surface area (Å²) in [6.45, 7) is 0. The molecule has 0 radical (unpaired) electrons. The number of rotatable bonds is 4. The van der Waals surface area contributed by atoms with Gasteiger partial charge in [0.15, 0.2) is 0 Å². The van der Waals surface area contributed by atoms with E-state index in [9.17, 15) is 20.2 Å². The lowest BCUT2D eigenvalue weighted by molar-refractivity contribution is -0.387. The maximum absolute atomic E-state index is 10.9. The Morgan fingerprint density at radius 2 is 1.19 bits per heavy atom. The van der Waals surface area contributed by atoms with Gasteiger partial charge in [0.2, 0.25) is 11.5 Å². The summed E-state index contributed by atoms with van der Waals surface area (Å²) in [5.74, 6) is -0.401. The minimum atomic E-state index is -0.674. The van der Waals surface area contributed by atoms with E-state index in [1.807, 2.05) is 0 Å². The van der Waals surface area contributed by atoms with Gasteiger partial charge in [0.1, 0.15) is 0 Å². The van der Waals surface area contributed by atoms with Gasteiger partial charge < -0.3 is 16.2 Å². The molecular weight excluding hydrogens is 280 g/mol. The lowest BCUT2D eigenvalue weighted by Gasteiger charge is -2.08. The molecule has 0 aliphatic rings. The molecule has 0 heterocycles. The Morgan fingerprint density at radius 3 is 1.52 bits per heavy atom. The van der Waals surface area contributed by atoms with E-state index in [1.54, 1.807) is 0 Å². The lowest BCUT2D eigenvalue weighted by Crippen LogP contribution is -1.98. The summed E-state index contributed by atoms with van der Waals surface area (Å²) in [6, 6.07) is 7.40. The van der Waals surface area contributed by atoms with Crippen LogP contribution < -0.4 is 16.2 Å². The number of hydrogen-bond acceptors (Lipinski definition) is 7. The molecule has 0 saturated heterocycles. The minimum absolute atomic E-state index is 0.200. The van der Waals surface area contributed by atoms with Crippen LogP contribution in [0.4, 0.5) is 22.7 Å². The smallest absolute Gasteiger partial charge is 0.311 e. The zero-order chi connectivity index (χ0) is 15.6. The molecule has 0 fully saturated rings. The van der Waals surface area contributed by atoms with Crippen LogP contribution in [0.5, 0.6) is 11.5 Å². The number of nitro benzene ring substituents is 2. The number of hydrogen-bond donors (Lipinski definition) is 2. The molecule has 4 N–H and O–H groups in total. The summed E-state index contributed by atoms with van der Waals surface area (Å²) in [6.07, 6.45) is 0. The fourth-order valence-corrected chi connectivity index (χ4v) is 1.65. The molecule has 21 heavy (non-hydrogen) atoms. The van der Waals surface area contributed by atoms with E-state index >= 15 is 0 Å². The van der Waals surface area contributed by atoms with Crippen molar-refractivity contribution in [3.63, 3.8) is 0 Å². The van der Waals surface area contributed by atoms with Crippen LogP contribution in [0.3, 0.4) is 0 Å². The van der Waals surface area contributed by atoms with Crippen molar-refractivity contribution in [2.75, 3.05) is 11.5 Å². The number of nitro groups is 2. The SMILES string of the molecule is Nc1ccc([N+](=O)[O-])c(Oc2cc(N)ccc2[N+](=O)[O-])c1. The average molecular weight is 290 g/mol. The van der Waals surface area contributed by atoms with Crippen molar-refractivity contribution >= 4 is 22.7 Å². The maximum atomic E-state index is 10.9. The summed E-state index contributed by atoms with van der Waals surface area (Å²) in [5.41, 5.74) is 10.8. The van der Waals surface area contributed by atoms with Crippen molar-refractivity contribution < 1.29 is 14.6 Å². The highest BCUT2D eigenvalue weighted by Crippen LogP contribution is 2.37. The van der Waals surface area contributed by atoms with E-state index in [1.165, 1.54) is 24.3 Å². The van der Waals surface area contributed by atoms with Gasteiger partial charge in [0.25, 0.3) is 0 Å². The summed E-state index contributed by atoms with van der Waals surface area (Å²) in [7, 11) is 0. The highest BCUT2D eigenvalue weighted by atomic mass is 16.6. The molecule has 2 rings (SSSR count). The molecule has 9 heteroatoms. The molecule has 2 aromatic carbocycles. The van der Waals surface area contributed by atoms with E-state index < -0.39 is 9.85 Å². The normalized spacial score (nSPS) is 10.1. The molecule has 108 valence electrons. The first-order valence-corrected chi connectivity index (χ1v) is 5.64. The molecule has 0 aliphatic carbocycles. The second-order valence-corrected chi connectivity index (χ2v) is 4.07. The molecule has 2 aromatic rings. The quantitative estimate of drug-likeness (QED) is 0.499. The van der Waals surface area contributed by atoms with Crippen molar-refractivity contribution in [2.45, 2.75) is 0 Å². The van der Waals surface area contributed by atoms with Gasteiger partial charge in [-0.05, 0) is 12.1 Å². The van der Waals surface area contributed by atoms with E-state index in [0.29, 0.717) is 0 Å². The van der Waals surface area contributed by atoms with Crippen LogP contribution in [0.25, 0.3) is 0 Å². The fourth-order valence-electron chi connectivity index (χ4n) is 1.65. The molecule has 0 unspecified atom stereocenters. The standard InChI is InChI=1S/C12H10N4O5/c13-7-1-3-9(15(17)18)11(5-7)21-12-6-8(14)2-4-10(12)16(19)20/h1-6H,13-14H2. The third-order valence-corrected chi connectivity index (χ3v) is 2.58. The third-order valence-electron chi connectivity index (χ3n) is 2.58. The van der Waals surface area contributed by atoms with Crippen LogP contribution in [0.2, 0.25) is 0 Å². The summed E-state index contributed by atoms with van der Waals surface area (Å²) in [4.78, 5) is 20.5.